The fourth-order valence-electron chi connectivity index (χ4n) is 5.96. The smallest absolute Gasteiger partial charge is 0.331 e. The van der Waals surface area contributed by atoms with Crippen LogP contribution in [-0.2, 0) is 27.3 Å². The minimum absolute atomic E-state index is 0.122. The molecule has 0 aliphatic carbocycles. The van der Waals surface area contributed by atoms with Crippen molar-refractivity contribution in [2.24, 2.45) is 5.41 Å². The first-order chi connectivity index (χ1) is 18.1. The Morgan fingerprint density at radius 2 is 1.79 bits per heavy atom. The fraction of sp³-hybridized carbons (Fsp3) is 0.423. The van der Waals surface area contributed by atoms with Crippen molar-refractivity contribution in [2.45, 2.75) is 45.1 Å². The van der Waals surface area contributed by atoms with Crippen molar-refractivity contribution in [3.63, 3.8) is 0 Å². The number of urea groups is 1. The number of non-ortho nitro benzene ring substituents is 1. The third kappa shape index (κ3) is 3.92. The molecular weight excluding hydrogens is 496 g/mol. The molecule has 3 heterocycles. The molecule has 200 valence electrons. The molecular formula is C26H28N4O8. The first-order valence-corrected chi connectivity index (χ1v) is 12.2. The molecule has 12 nitrogen and oxygen atoms in total. The van der Waals surface area contributed by atoms with Crippen molar-refractivity contribution in [3.8, 4) is 11.5 Å². The average Bonchev–Trinajstić information content (AvgIpc) is 2.88. The molecule has 0 aromatic heterocycles. The van der Waals surface area contributed by atoms with E-state index >= 15 is 0 Å². The summed E-state index contributed by atoms with van der Waals surface area (Å²) >= 11 is 0. The third-order valence-corrected chi connectivity index (χ3v) is 7.49. The molecule has 12 heteroatoms. The van der Waals surface area contributed by atoms with Gasteiger partial charge in [0.1, 0.15) is 11.5 Å². The van der Waals surface area contributed by atoms with E-state index < -0.39 is 40.3 Å². The molecule has 1 N–H and O–H groups in total. The average molecular weight is 525 g/mol. The number of ether oxygens (including phenoxy) is 3. The first kappa shape index (κ1) is 25.5. The molecule has 38 heavy (non-hydrogen) atoms. The number of nitrogens with zero attached hydrogens (tertiary/aromatic N) is 3. The standard InChI is InChI=1S/C26H28N4O8/c1-14-12-28-21-6-5-18(30(34)35)9-17(21)11-26(22(28)15(2)38-14)23(31)27-25(33)29(24(26)32)13-16-7-19(36-3)10-20(8-16)37-4/h5-10,14-15,22H,11-13H2,1-4H3,(H,27,31,33)/t14-,15-,22-,26+/m1/s1. The predicted octanol–water partition coefficient (Wildman–Crippen LogP) is 2.42. The maximum atomic E-state index is 14.3. The number of imide groups is 2. The molecule has 4 amide bonds. The highest BCUT2D eigenvalue weighted by molar-refractivity contribution is 6.20. The number of carbonyl (C=O) groups is 3. The van der Waals surface area contributed by atoms with E-state index in [2.05, 4.69) is 5.32 Å². The summed E-state index contributed by atoms with van der Waals surface area (Å²) in [6, 6.07) is 7.88. The topological polar surface area (TPSA) is 141 Å². The Balaban J connectivity index is 1.62. The largest absolute Gasteiger partial charge is 0.497 e. The maximum Gasteiger partial charge on any atom is 0.331 e. The summed E-state index contributed by atoms with van der Waals surface area (Å²) in [7, 11) is 2.98. The molecule has 0 radical (unpaired) electrons. The summed E-state index contributed by atoms with van der Waals surface area (Å²) in [6.45, 7) is 3.89. The summed E-state index contributed by atoms with van der Waals surface area (Å²) in [5.74, 6) is -0.485. The van der Waals surface area contributed by atoms with Gasteiger partial charge >= 0.3 is 6.03 Å². The van der Waals surface area contributed by atoms with Gasteiger partial charge in [-0.1, -0.05) is 0 Å². The Labute approximate surface area is 218 Å². The van der Waals surface area contributed by atoms with E-state index in [-0.39, 0.29) is 24.8 Å². The van der Waals surface area contributed by atoms with Crippen LogP contribution in [0.3, 0.4) is 0 Å². The highest BCUT2D eigenvalue weighted by Gasteiger charge is 2.64. The van der Waals surface area contributed by atoms with E-state index in [4.69, 9.17) is 14.2 Å². The van der Waals surface area contributed by atoms with Crippen molar-refractivity contribution in [3.05, 3.63) is 57.6 Å². The minimum Gasteiger partial charge on any atom is -0.497 e. The quantitative estimate of drug-likeness (QED) is 0.355. The Kier molecular flexibility index (Phi) is 6.22. The Hall–Kier alpha value is -4.19. The Bertz CT molecular complexity index is 1320. The summed E-state index contributed by atoms with van der Waals surface area (Å²) < 4.78 is 16.7. The molecule has 5 rings (SSSR count). The van der Waals surface area contributed by atoms with Gasteiger partial charge in [0.2, 0.25) is 11.8 Å². The molecule has 0 bridgehead atoms. The van der Waals surface area contributed by atoms with Crippen LogP contribution in [0.1, 0.15) is 25.0 Å². The summed E-state index contributed by atoms with van der Waals surface area (Å²) in [5, 5.41) is 13.9. The molecule has 0 saturated carbocycles. The number of barbiturate groups is 1. The molecule has 0 unspecified atom stereocenters. The number of nitrogens with one attached hydrogen (secondary N) is 1. The van der Waals surface area contributed by atoms with Gasteiger partial charge in [0, 0.05) is 36.9 Å². The molecule has 2 aromatic rings. The van der Waals surface area contributed by atoms with Crippen LogP contribution in [0.5, 0.6) is 11.5 Å². The number of amides is 4. The van der Waals surface area contributed by atoms with Gasteiger partial charge < -0.3 is 19.1 Å². The number of nitro benzene ring substituents is 1. The van der Waals surface area contributed by atoms with Gasteiger partial charge in [-0.05, 0) is 43.2 Å². The zero-order valence-electron chi connectivity index (χ0n) is 21.4. The number of methoxy groups -OCH3 is 2. The van der Waals surface area contributed by atoms with Gasteiger partial charge in [-0.3, -0.25) is 29.9 Å². The second kappa shape index (κ2) is 9.28. The van der Waals surface area contributed by atoms with Gasteiger partial charge in [-0.15, -0.1) is 0 Å². The number of rotatable bonds is 5. The number of nitro groups is 1. The molecule has 2 saturated heterocycles. The van der Waals surface area contributed by atoms with Crippen LogP contribution in [0.25, 0.3) is 0 Å². The van der Waals surface area contributed by atoms with Crippen LogP contribution in [0, 0.1) is 15.5 Å². The van der Waals surface area contributed by atoms with Gasteiger partial charge in [0.05, 0.1) is 43.9 Å². The van der Waals surface area contributed by atoms with Crippen LogP contribution in [0.2, 0.25) is 0 Å². The summed E-state index contributed by atoms with van der Waals surface area (Å²) in [4.78, 5) is 54.9. The van der Waals surface area contributed by atoms with Crippen molar-refractivity contribution in [2.75, 3.05) is 25.7 Å². The van der Waals surface area contributed by atoms with E-state index in [1.165, 1.54) is 26.4 Å². The Morgan fingerprint density at radius 1 is 1.11 bits per heavy atom. The van der Waals surface area contributed by atoms with E-state index in [9.17, 15) is 24.5 Å². The van der Waals surface area contributed by atoms with Crippen molar-refractivity contribution >= 4 is 29.2 Å². The zero-order chi connectivity index (χ0) is 27.4. The second-order valence-corrected chi connectivity index (χ2v) is 9.84. The third-order valence-electron chi connectivity index (χ3n) is 7.49. The summed E-state index contributed by atoms with van der Waals surface area (Å²) in [6.07, 6.45) is -0.893. The highest BCUT2D eigenvalue weighted by Crippen LogP contribution is 2.48. The molecule has 3 aliphatic heterocycles. The first-order valence-electron chi connectivity index (χ1n) is 12.2. The molecule has 3 aliphatic rings. The molecule has 4 atom stereocenters. The lowest BCUT2D eigenvalue weighted by atomic mass is 9.66. The zero-order valence-corrected chi connectivity index (χ0v) is 21.4. The number of fused-ring (bicyclic) bond motifs is 4. The van der Waals surface area contributed by atoms with Crippen LogP contribution >= 0.6 is 0 Å². The van der Waals surface area contributed by atoms with Crippen LogP contribution in [0.4, 0.5) is 16.2 Å². The second-order valence-electron chi connectivity index (χ2n) is 9.84. The lowest BCUT2D eigenvalue weighted by molar-refractivity contribution is -0.384. The maximum absolute atomic E-state index is 14.3. The lowest BCUT2D eigenvalue weighted by Gasteiger charge is -2.56. The summed E-state index contributed by atoms with van der Waals surface area (Å²) in [5.41, 5.74) is -0.155. The number of hydrogen-bond donors (Lipinski definition) is 1. The minimum atomic E-state index is -1.75. The van der Waals surface area contributed by atoms with Crippen LogP contribution < -0.4 is 19.7 Å². The fourth-order valence-corrected chi connectivity index (χ4v) is 5.96. The lowest BCUT2D eigenvalue weighted by Crippen LogP contribution is -2.75. The predicted molar refractivity (Wildman–Crippen MR) is 134 cm³/mol. The van der Waals surface area contributed by atoms with Gasteiger partial charge in [0.15, 0.2) is 5.41 Å². The molecule has 1 spiro atoms. The van der Waals surface area contributed by atoms with Crippen LogP contribution in [-0.4, -0.2) is 66.7 Å². The molecule has 2 fully saturated rings. The van der Waals surface area contributed by atoms with Gasteiger partial charge in [-0.2, -0.15) is 0 Å². The normalized spacial score (nSPS) is 26.5. The van der Waals surface area contributed by atoms with E-state index in [1.807, 2.05) is 11.8 Å². The van der Waals surface area contributed by atoms with Crippen molar-refractivity contribution in [1.29, 1.82) is 0 Å². The van der Waals surface area contributed by atoms with Crippen molar-refractivity contribution in [1.82, 2.24) is 10.2 Å². The Morgan fingerprint density at radius 3 is 2.42 bits per heavy atom. The number of morpholine rings is 1. The highest BCUT2D eigenvalue weighted by atomic mass is 16.6. The van der Waals surface area contributed by atoms with E-state index in [0.29, 0.717) is 34.9 Å². The van der Waals surface area contributed by atoms with E-state index in [1.54, 1.807) is 31.2 Å². The van der Waals surface area contributed by atoms with E-state index in [0.717, 1.165) is 4.90 Å². The SMILES string of the molecule is COc1cc(CN2C(=O)NC(=O)[C@@]3(Cc4cc([N+](=O)[O-])ccc4N4C[C@@H](C)O[C@H](C)[C@@H]43)C2=O)cc(OC)c1. The van der Waals surface area contributed by atoms with Crippen molar-refractivity contribution < 1.29 is 33.5 Å². The number of carbonyl (C=O) groups excluding carboxylic acids is 3. The monoisotopic (exact) mass is 524 g/mol. The van der Waals surface area contributed by atoms with Gasteiger partial charge in [0.25, 0.3) is 5.69 Å². The molecule has 2 aromatic carbocycles. The number of anilines is 1. The number of benzene rings is 2. The van der Waals surface area contributed by atoms with Crippen LogP contribution in [0.15, 0.2) is 36.4 Å². The van der Waals surface area contributed by atoms with Gasteiger partial charge in [-0.25, -0.2) is 4.79 Å². The number of hydrogen-bond acceptors (Lipinski definition) is 9.